The maximum Gasteiger partial charge on any atom is 0.310 e. The minimum Gasteiger partial charge on any atom is -0.460 e. The number of benzene rings is 1. The number of nitrogens with zero attached hydrogens (tertiary/aromatic N) is 2. The van der Waals surface area contributed by atoms with Crippen molar-refractivity contribution in [2.24, 2.45) is 0 Å². The number of esters is 1. The molecule has 3 heterocycles. The van der Waals surface area contributed by atoms with E-state index >= 15 is 0 Å². The highest BCUT2D eigenvalue weighted by atomic mass is 35.5. The van der Waals surface area contributed by atoms with Crippen molar-refractivity contribution >= 4 is 45.9 Å². The molecule has 0 atom stereocenters. The fraction of sp³-hybridized carbons (Fsp3) is 0.280. The van der Waals surface area contributed by atoms with Crippen molar-refractivity contribution in [2.75, 3.05) is 13.1 Å². The molecule has 0 fully saturated rings. The third kappa shape index (κ3) is 5.14. The van der Waals surface area contributed by atoms with E-state index in [1.54, 1.807) is 24.1 Å². The highest BCUT2D eigenvalue weighted by Gasteiger charge is 2.23. The molecule has 0 radical (unpaired) electrons. The van der Waals surface area contributed by atoms with Crippen LogP contribution in [-0.2, 0) is 32.1 Å². The standard InChI is InChI=1S/C25H24ClN3O4/c1-2-22(30)25(32)29-9-7-17(8-10-29)20-14-28-24-19(20)11-16(13-27-24)12-23(31)33-15-18-5-3-4-6-21(18)26/h3-7,11,13-14H,2,8-10,12,15H2,1H3,(H,27,28). The van der Waals surface area contributed by atoms with Crippen LogP contribution in [0.2, 0.25) is 5.02 Å². The minimum atomic E-state index is -0.425. The molecule has 0 unspecified atom stereocenters. The summed E-state index contributed by atoms with van der Waals surface area (Å²) >= 11 is 6.11. The number of hydrogen-bond acceptors (Lipinski definition) is 5. The van der Waals surface area contributed by atoms with Gasteiger partial charge >= 0.3 is 5.97 Å². The largest absolute Gasteiger partial charge is 0.460 e. The lowest BCUT2D eigenvalue weighted by Gasteiger charge is -2.25. The first-order valence-electron chi connectivity index (χ1n) is 10.8. The molecule has 8 heteroatoms. The molecule has 1 aliphatic rings. The van der Waals surface area contributed by atoms with E-state index in [1.165, 1.54) is 0 Å². The van der Waals surface area contributed by atoms with Gasteiger partial charge in [-0.1, -0.05) is 42.8 Å². The molecule has 2 aromatic heterocycles. The number of ketones is 1. The van der Waals surface area contributed by atoms with Crippen molar-refractivity contribution in [3.8, 4) is 0 Å². The highest BCUT2D eigenvalue weighted by molar-refractivity contribution is 6.36. The lowest BCUT2D eigenvalue weighted by Crippen LogP contribution is -2.39. The van der Waals surface area contributed by atoms with Crippen LogP contribution in [0.15, 0.2) is 48.8 Å². The molecule has 0 saturated heterocycles. The number of fused-ring (bicyclic) bond motifs is 1. The Morgan fingerprint density at radius 1 is 1.24 bits per heavy atom. The molecule has 0 spiro atoms. The summed E-state index contributed by atoms with van der Waals surface area (Å²) in [5.41, 5.74) is 4.28. The fourth-order valence-electron chi connectivity index (χ4n) is 3.83. The third-order valence-electron chi connectivity index (χ3n) is 5.68. The van der Waals surface area contributed by atoms with E-state index in [9.17, 15) is 14.4 Å². The number of ether oxygens (including phenoxy) is 1. The molecule has 7 nitrogen and oxygen atoms in total. The van der Waals surface area contributed by atoms with Crippen molar-refractivity contribution in [1.82, 2.24) is 14.9 Å². The molecule has 0 bridgehead atoms. The lowest BCUT2D eigenvalue weighted by atomic mass is 9.98. The first-order chi connectivity index (χ1) is 16.0. The molecule has 1 aromatic carbocycles. The van der Waals surface area contributed by atoms with Crippen LogP contribution in [0.1, 0.15) is 36.5 Å². The number of H-pyrrole nitrogens is 1. The van der Waals surface area contributed by atoms with E-state index in [4.69, 9.17) is 16.3 Å². The highest BCUT2D eigenvalue weighted by Crippen LogP contribution is 2.29. The number of Topliss-reactive ketones (excluding diaryl/α,β-unsaturated/α-hetero) is 1. The number of carbonyl (C=O) groups excluding carboxylic acids is 3. The van der Waals surface area contributed by atoms with Gasteiger partial charge in [0, 0.05) is 53.4 Å². The normalized spacial score (nSPS) is 13.6. The number of hydrogen-bond donors (Lipinski definition) is 1. The summed E-state index contributed by atoms with van der Waals surface area (Å²) in [6.45, 7) is 2.69. The third-order valence-corrected chi connectivity index (χ3v) is 6.05. The average molecular weight is 466 g/mol. The number of aromatic amines is 1. The van der Waals surface area contributed by atoms with Crippen LogP contribution in [0.5, 0.6) is 0 Å². The first-order valence-corrected chi connectivity index (χ1v) is 11.2. The molecule has 3 aromatic rings. The maximum atomic E-state index is 12.4. The second-order valence-corrected chi connectivity index (χ2v) is 8.29. The van der Waals surface area contributed by atoms with E-state index in [0.29, 0.717) is 24.5 Å². The lowest BCUT2D eigenvalue weighted by molar-refractivity contribution is -0.144. The van der Waals surface area contributed by atoms with Gasteiger partial charge in [-0.15, -0.1) is 0 Å². The van der Waals surface area contributed by atoms with Gasteiger partial charge in [0.05, 0.1) is 6.42 Å². The number of rotatable bonds is 7. The Morgan fingerprint density at radius 2 is 2.06 bits per heavy atom. The number of halogens is 1. The fourth-order valence-corrected chi connectivity index (χ4v) is 4.02. The zero-order chi connectivity index (χ0) is 23.4. The zero-order valence-corrected chi connectivity index (χ0v) is 19.0. The number of amides is 1. The molecule has 170 valence electrons. The summed E-state index contributed by atoms with van der Waals surface area (Å²) < 4.78 is 5.38. The first kappa shape index (κ1) is 22.7. The Kier molecular flexibility index (Phi) is 6.89. The van der Waals surface area contributed by atoms with Crippen molar-refractivity contribution < 1.29 is 19.1 Å². The SMILES string of the molecule is CCC(=O)C(=O)N1CC=C(c2c[nH]c3ncc(CC(=O)OCc4ccccc4Cl)cc23)CC1. The quantitative estimate of drug-likeness (QED) is 0.419. The summed E-state index contributed by atoms with van der Waals surface area (Å²) in [5, 5.41) is 1.47. The molecule has 1 amide bonds. The number of nitrogens with one attached hydrogen (secondary N) is 1. The van der Waals surface area contributed by atoms with Crippen LogP contribution in [0, 0.1) is 0 Å². The molecule has 33 heavy (non-hydrogen) atoms. The maximum absolute atomic E-state index is 12.4. The van der Waals surface area contributed by atoms with Gasteiger partial charge in [0.15, 0.2) is 0 Å². The van der Waals surface area contributed by atoms with Gasteiger partial charge in [-0.05, 0) is 29.7 Å². The van der Waals surface area contributed by atoms with Gasteiger partial charge in [-0.25, -0.2) is 4.98 Å². The molecule has 1 N–H and O–H groups in total. The predicted octanol–water partition coefficient (Wildman–Crippen LogP) is 4.10. The minimum absolute atomic E-state index is 0.0957. The summed E-state index contributed by atoms with van der Waals surface area (Å²) in [6, 6.07) is 9.18. The van der Waals surface area contributed by atoms with Crippen LogP contribution in [0.3, 0.4) is 0 Å². The van der Waals surface area contributed by atoms with E-state index in [-0.39, 0.29) is 31.2 Å². The predicted molar refractivity (Wildman–Crippen MR) is 126 cm³/mol. The number of aromatic nitrogens is 2. The molecule has 4 rings (SSSR count). The van der Waals surface area contributed by atoms with Gasteiger partial charge < -0.3 is 14.6 Å². The average Bonchev–Trinajstić information content (AvgIpc) is 3.26. The summed E-state index contributed by atoms with van der Waals surface area (Å²) in [7, 11) is 0. The van der Waals surface area contributed by atoms with Crippen molar-refractivity contribution in [2.45, 2.75) is 32.8 Å². The summed E-state index contributed by atoms with van der Waals surface area (Å²) in [5.74, 6) is -1.15. The molecule has 0 saturated carbocycles. The van der Waals surface area contributed by atoms with Crippen molar-refractivity contribution in [1.29, 1.82) is 0 Å². The zero-order valence-electron chi connectivity index (χ0n) is 18.3. The van der Waals surface area contributed by atoms with Crippen LogP contribution in [0.25, 0.3) is 16.6 Å². The van der Waals surface area contributed by atoms with Gasteiger partial charge in [-0.3, -0.25) is 14.4 Å². The van der Waals surface area contributed by atoms with Crippen LogP contribution in [-0.4, -0.2) is 45.6 Å². The molecular formula is C25H24ClN3O4. The van der Waals surface area contributed by atoms with Crippen LogP contribution < -0.4 is 0 Å². The van der Waals surface area contributed by atoms with Gasteiger partial charge in [0.2, 0.25) is 5.78 Å². The van der Waals surface area contributed by atoms with Gasteiger partial charge in [0.25, 0.3) is 5.91 Å². The van der Waals surface area contributed by atoms with Crippen molar-refractivity contribution in [3.63, 3.8) is 0 Å². The molecule has 0 aliphatic carbocycles. The second kappa shape index (κ2) is 10.0. The number of pyridine rings is 1. The van der Waals surface area contributed by atoms with E-state index in [2.05, 4.69) is 9.97 Å². The van der Waals surface area contributed by atoms with E-state index < -0.39 is 5.91 Å². The number of carbonyl (C=O) groups is 3. The van der Waals surface area contributed by atoms with Crippen LogP contribution >= 0.6 is 11.6 Å². The Labute approximate surface area is 196 Å². The van der Waals surface area contributed by atoms with Crippen molar-refractivity contribution in [3.05, 3.63) is 70.5 Å². The Balaban J connectivity index is 1.45. The van der Waals surface area contributed by atoms with E-state index in [1.807, 2.05) is 36.5 Å². The monoisotopic (exact) mass is 465 g/mol. The second-order valence-electron chi connectivity index (χ2n) is 7.88. The molecule has 1 aliphatic heterocycles. The Hall–Kier alpha value is -3.45. The molecular weight excluding hydrogens is 442 g/mol. The van der Waals surface area contributed by atoms with Crippen LogP contribution in [0.4, 0.5) is 0 Å². The summed E-state index contributed by atoms with van der Waals surface area (Å²) in [4.78, 5) is 45.4. The Morgan fingerprint density at radius 3 is 2.79 bits per heavy atom. The van der Waals surface area contributed by atoms with E-state index in [0.717, 1.165) is 33.3 Å². The topological polar surface area (TPSA) is 92.4 Å². The van der Waals surface area contributed by atoms with Gasteiger partial charge in [0.1, 0.15) is 12.3 Å². The smallest absolute Gasteiger partial charge is 0.310 e. The Bertz CT molecular complexity index is 1250. The van der Waals surface area contributed by atoms with Gasteiger partial charge in [-0.2, -0.15) is 0 Å². The summed E-state index contributed by atoms with van der Waals surface area (Å²) in [6.07, 6.45) is 6.46.